The van der Waals surface area contributed by atoms with Crippen molar-refractivity contribution in [2.75, 3.05) is 6.61 Å². The lowest BCUT2D eigenvalue weighted by Gasteiger charge is -2.15. The van der Waals surface area contributed by atoms with Gasteiger partial charge in [-0.1, -0.05) is 18.7 Å². The number of esters is 1. The van der Waals surface area contributed by atoms with E-state index in [4.69, 9.17) is 4.74 Å². The topological polar surface area (TPSA) is 43.4 Å². The summed E-state index contributed by atoms with van der Waals surface area (Å²) in [5.41, 5.74) is 0. The van der Waals surface area contributed by atoms with E-state index in [1.165, 1.54) is 0 Å². The highest BCUT2D eigenvalue weighted by molar-refractivity contribution is 5.84. The maximum atomic E-state index is 11.6. The first-order valence-corrected chi connectivity index (χ1v) is 5.59. The molecule has 0 spiro atoms. The Morgan fingerprint density at radius 3 is 2.81 bits per heavy atom. The van der Waals surface area contributed by atoms with E-state index >= 15 is 0 Å². The average molecular weight is 222 g/mol. The third-order valence-corrected chi connectivity index (χ3v) is 2.96. The molecule has 0 radical (unpaired) electrons. The van der Waals surface area contributed by atoms with Crippen LogP contribution >= 0.6 is 0 Å². The van der Waals surface area contributed by atoms with Crippen LogP contribution in [-0.4, -0.2) is 18.4 Å². The van der Waals surface area contributed by atoms with Crippen LogP contribution in [0.25, 0.3) is 0 Å². The van der Waals surface area contributed by atoms with E-state index in [9.17, 15) is 9.59 Å². The van der Waals surface area contributed by atoms with Crippen molar-refractivity contribution in [3.63, 3.8) is 0 Å². The Morgan fingerprint density at radius 2 is 2.19 bits per heavy atom. The summed E-state index contributed by atoms with van der Waals surface area (Å²) in [7, 11) is 0. The van der Waals surface area contributed by atoms with Gasteiger partial charge in [0.2, 0.25) is 0 Å². The fraction of sp³-hybridized carbons (Fsp3) is 0.538. The molecule has 16 heavy (non-hydrogen) atoms. The third-order valence-electron chi connectivity index (χ3n) is 2.96. The van der Waals surface area contributed by atoms with E-state index in [1.54, 1.807) is 12.2 Å². The van der Waals surface area contributed by atoms with Crippen LogP contribution in [-0.2, 0) is 14.3 Å². The maximum Gasteiger partial charge on any atom is 0.306 e. The molecule has 1 aliphatic rings. The Bertz CT molecular complexity index is 294. The number of hydrogen-bond acceptors (Lipinski definition) is 3. The van der Waals surface area contributed by atoms with Crippen molar-refractivity contribution in [2.45, 2.75) is 25.7 Å². The molecule has 1 unspecified atom stereocenters. The van der Waals surface area contributed by atoms with Gasteiger partial charge in [0.25, 0.3) is 0 Å². The largest absolute Gasteiger partial charge is 0.461 e. The molecule has 0 aromatic heterocycles. The maximum absolute atomic E-state index is 11.6. The summed E-state index contributed by atoms with van der Waals surface area (Å²) in [5, 5.41) is 0. The van der Waals surface area contributed by atoms with E-state index in [0.717, 1.165) is 6.42 Å². The smallest absolute Gasteiger partial charge is 0.306 e. The zero-order chi connectivity index (χ0) is 12.0. The minimum atomic E-state index is -0.242. The van der Waals surface area contributed by atoms with E-state index in [2.05, 4.69) is 13.2 Å². The van der Waals surface area contributed by atoms with Gasteiger partial charge in [0.15, 0.2) is 0 Å². The summed E-state index contributed by atoms with van der Waals surface area (Å²) in [5.74, 6) is 0.103. The van der Waals surface area contributed by atoms with Crippen LogP contribution in [0.3, 0.4) is 0 Å². The van der Waals surface area contributed by atoms with Crippen molar-refractivity contribution < 1.29 is 14.3 Å². The number of allylic oxidation sites excluding steroid dienone is 1. The van der Waals surface area contributed by atoms with E-state index in [1.807, 2.05) is 0 Å². The molecule has 88 valence electrons. The van der Waals surface area contributed by atoms with Gasteiger partial charge in [-0.2, -0.15) is 0 Å². The highest BCUT2D eigenvalue weighted by Crippen LogP contribution is 2.34. The van der Waals surface area contributed by atoms with Crippen LogP contribution in [0.5, 0.6) is 0 Å². The van der Waals surface area contributed by atoms with Gasteiger partial charge in [-0.3, -0.25) is 9.59 Å². The monoisotopic (exact) mass is 222 g/mol. The predicted molar refractivity (Wildman–Crippen MR) is 61.8 cm³/mol. The Kier molecular flexibility index (Phi) is 4.96. The number of ether oxygens (including phenoxy) is 1. The van der Waals surface area contributed by atoms with Crippen LogP contribution in [0.4, 0.5) is 0 Å². The molecule has 0 aliphatic heterocycles. The van der Waals surface area contributed by atoms with Crippen LogP contribution < -0.4 is 0 Å². The van der Waals surface area contributed by atoms with Gasteiger partial charge in [0, 0.05) is 18.8 Å². The van der Waals surface area contributed by atoms with E-state index in [-0.39, 0.29) is 30.2 Å². The summed E-state index contributed by atoms with van der Waals surface area (Å²) >= 11 is 0. The third kappa shape index (κ3) is 3.33. The second-order valence-corrected chi connectivity index (χ2v) is 4.07. The molecule has 2 atom stereocenters. The molecule has 0 saturated heterocycles. The number of rotatable bonds is 6. The van der Waals surface area contributed by atoms with Crippen LogP contribution in [0.15, 0.2) is 25.3 Å². The highest BCUT2D eigenvalue weighted by Gasteiger charge is 2.34. The molecular formula is C13H18O3. The van der Waals surface area contributed by atoms with Gasteiger partial charge in [-0.15, -0.1) is 6.58 Å². The second kappa shape index (κ2) is 6.26. The number of carbonyl (C=O) groups excluding carboxylic acids is 2. The minimum absolute atomic E-state index is 0.0335. The normalized spacial score (nSPS) is 24.1. The molecule has 1 saturated carbocycles. The van der Waals surface area contributed by atoms with Gasteiger partial charge < -0.3 is 4.74 Å². The first kappa shape index (κ1) is 12.7. The summed E-state index contributed by atoms with van der Waals surface area (Å²) in [4.78, 5) is 23.0. The van der Waals surface area contributed by atoms with Crippen molar-refractivity contribution in [3.8, 4) is 0 Å². The van der Waals surface area contributed by atoms with Crippen LogP contribution in [0.1, 0.15) is 25.7 Å². The van der Waals surface area contributed by atoms with Crippen LogP contribution in [0.2, 0.25) is 0 Å². The Labute approximate surface area is 96.2 Å². The Hall–Kier alpha value is -1.38. The molecule has 1 fully saturated rings. The molecule has 0 bridgehead atoms. The zero-order valence-electron chi connectivity index (χ0n) is 9.48. The minimum Gasteiger partial charge on any atom is -0.461 e. The van der Waals surface area contributed by atoms with E-state index in [0.29, 0.717) is 19.3 Å². The lowest BCUT2D eigenvalue weighted by Crippen LogP contribution is -2.18. The molecule has 3 heteroatoms. The number of hydrogen-bond donors (Lipinski definition) is 0. The Balaban J connectivity index is 2.46. The average Bonchev–Trinajstić information content (AvgIpc) is 2.59. The fourth-order valence-corrected chi connectivity index (χ4v) is 2.15. The summed E-state index contributed by atoms with van der Waals surface area (Å²) in [6, 6.07) is 0. The van der Waals surface area contributed by atoms with Crippen molar-refractivity contribution >= 4 is 11.8 Å². The highest BCUT2D eigenvalue weighted by atomic mass is 16.5. The summed E-state index contributed by atoms with van der Waals surface area (Å²) in [6.07, 6.45) is 5.66. The SMILES string of the molecule is C=CCOC(=O)C[C@H]1CCC(=O)C1CC=C. The van der Waals surface area contributed by atoms with Crippen molar-refractivity contribution in [1.82, 2.24) is 0 Å². The molecule has 0 aromatic rings. The molecule has 0 heterocycles. The van der Waals surface area contributed by atoms with Gasteiger partial charge in [0.05, 0.1) is 0 Å². The summed E-state index contributed by atoms with van der Waals surface area (Å²) in [6.45, 7) is 7.36. The van der Waals surface area contributed by atoms with Crippen molar-refractivity contribution in [3.05, 3.63) is 25.3 Å². The second-order valence-electron chi connectivity index (χ2n) is 4.07. The van der Waals surface area contributed by atoms with E-state index < -0.39 is 0 Å². The molecule has 0 aromatic carbocycles. The van der Waals surface area contributed by atoms with Gasteiger partial charge >= 0.3 is 5.97 Å². The first-order valence-electron chi connectivity index (χ1n) is 5.59. The lowest BCUT2D eigenvalue weighted by molar-refractivity contribution is -0.143. The van der Waals surface area contributed by atoms with Crippen molar-refractivity contribution in [2.24, 2.45) is 11.8 Å². The van der Waals surface area contributed by atoms with Gasteiger partial charge in [-0.25, -0.2) is 0 Å². The molecule has 0 amide bonds. The lowest BCUT2D eigenvalue weighted by atomic mass is 9.90. The predicted octanol–water partition coefficient (Wildman–Crippen LogP) is 2.28. The number of Topliss-reactive ketones (excluding diaryl/α,β-unsaturated/α-hetero) is 1. The van der Waals surface area contributed by atoms with Gasteiger partial charge in [0.1, 0.15) is 12.4 Å². The van der Waals surface area contributed by atoms with Crippen LogP contribution in [0, 0.1) is 11.8 Å². The Morgan fingerprint density at radius 1 is 1.44 bits per heavy atom. The number of carbonyl (C=O) groups is 2. The molecule has 3 nitrogen and oxygen atoms in total. The molecular weight excluding hydrogens is 204 g/mol. The first-order chi connectivity index (χ1) is 7.69. The molecule has 1 rings (SSSR count). The fourth-order valence-electron chi connectivity index (χ4n) is 2.15. The molecule has 1 aliphatic carbocycles. The van der Waals surface area contributed by atoms with Crippen molar-refractivity contribution in [1.29, 1.82) is 0 Å². The van der Waals surface area contributed by atoms with Gasteiger partial charge in [-0.05, 0) is 18.8 Å². The summed E-state index contributed by atoms with van der Waals surface area (Å²) < 4.78 is 4.92. The number of ketones is 1. The zero-order valence-corrected chi connectivity index (χ0v) is 9.48. The quantitative estimate of drug-likeness (QED) is 0.511. The molecule has 0 N–H and O–H groups in total. The standard InChI is InChI=1S/C13H18O3/c1-3-5-11-10(6-7-12(11)14)9-13(15)16-8-4-2/h3-4,10-11H,1-2,5-9H2/t10-,11?/m1/s1.